The van der Waals surface area contributed by atoms with Crippen LogP contribution in [0.1, 0.15) is 25.3 Å². The lowest BCUT2D eigenvalue weighted by Gasteiger charge is -2.13. The van der Waals surface area contributed by atoms with Crippen LogP contribution < -0.4 is 5.32 Å². The molecule has 0 radical (unpaired) electrons. The second-order valence-corrected chi connectivity index (χ2v) is 6.41. The highest BCUT2D eigenvalue weighted by atomic mass is 32.1. The van der Waals surface area contributed by atoms with E-state index in [9.17, 15) is 9.59 Å². The van der Waals surface area contributed by atoms with Gasteiger partial charge in [-0.15, -0.1) is 0 Å². The number of thiophene rings is 1. The summed E-state index contributed by atoms with van der Waals surface area (Å²) in [5, 5.41) is 6.59. The maximum absolute atomic E-state index is 12.3. The Balaban J connectivity index is 1.82. The third kappa shape index (κ3) is 2.52. The molecule has 2 aromatic heterocycles. The molecule has 1 saturated heterocycles. The molecule has 1 aliphatic rings. The van der Waals surface area contributed by atoms with Gasteiger partial charge in [0.15, 0.2) is 0 Å². The van der Waals surface area contributed by atoms with Crippen LogP contribution in [0.5, 0.6) is 0 Å². The molecule has 7 heteroatoms. The summed E-state index contributed by atoms with van der Waals surface area (Å²) in [6.07, 6.45) is 0. The molecule has 1 N–H and O–H groups in total. The van der Waals surface area contributed by atoms with Gasteiger partial charge in [0.05, 0.1) is 6.54 Å². The SMILES string of the molecule is Cc1oc(-c2ccsc2)nc1CN1C(=O)N[C@@H](C(C)C)C1=O. The molecule has 0 aromatic carbocycles. The zero-order chi connectivity index (χ0) is 15.9. The second-order valence-electron chi connectivity index (χ2n) is 5.63. The van der Waals surface area contributed by atoms with E-state index in [-0.39, 0.29) is 24.4 Å². The number of nitrogens with one attached hydrogen (secondary N) is 1. The minimum Gasteiger partial charge on any atom is -0.441 e. The fraction of sp³-hybridized carbons (Fsp3) is 0.400. The van der Waals surface area contributed by atoms with Crippen molar-refractivity contribution in [2.24, 2.45) is 5.92 Å². The van der Waals surface area contributed by atoms with Gasteiger partial charge in [-0.1, -0.05) is 13.8 Å². The van der Waals surface area contributed by atoms with Gasteiger partial charge in [-0.05, 0) is 24.3 Å². The summed E-state index contributed by atoms with van der Waals surface area (Å²) in [5.41, 5.74) is 1.51. The van der Waals surface area contributed by atoms with Gasteiger partial charge in [0, 0.05) is 10.9 Å². The van der Waals surface area contributed by atoms with Crippen LogP contribution in [-0.4, -0.2) is 27.9 Å². The fourth-order valence-electron chi connectivity index (χ4n) is 2.38. The molecule has 1 atom stereocenters. The van der Waals surface area contributed by atoms with Crippen molar-refractivity contribution in [2.75, 3.05) is 0 Å². The van der Waals surface area contributed by atoms with E-state index in [0.29, 0.717) is 17.3 Å². The van der Waals surface area contributed by atoms with Crippen LogP contribution in [0, 0.1) is 12.8 Å². The van der Waals surface area contributed by atoms with E-state index in [4.69, 9.17) is 4.42 Å². The van der Waals surface area contributed by atoms with Gasteiger partial charge in [-0.2, -0.15) is 11.3 Å². The van der Waals surface area contributed by atoms with Gasteiger partial charge in [0.2, 0.25) is 5.89 Å². The van der Waals surface area contributed by atoms with E-state index in [1.807, 2.05) is 30.7 Å². The Labute approximate surface area is 132 Å². The quantitative estimate of drug-likeness (QED) is 0.879. The molecule has 1 fully saturated rings. The molecule has 0 bridgehead atoms. The predicted molar refractivity (Wildman–Crippen MR) is 82.3 cm³/mol. The van der Waals surface area contributed by atoms with Crippen LogP contribution >= 0.6 is 11.3 Å². The molecule has 22 heavy (non-hydrogen) atoms. The van der Waals surface area contributed by atoms with Crippen LogP contribution in [0.2, 0.25) is 0 Å². The number of oxazole rings is 1. The molecule has 3 amide bonds. The maximum atomic E-state index is 12.3. The maximum Gasteiger partial charge on any atom is 0.325 e. The highest BCUT2D eigenvalue weighted by Crippen LogP contribution is 2.25. The molecule has 2 aromatic rings. The Morgan fingerprint density at radius 1 is 1.45 bits per heavy atom. The number of carbonyl (C=O) groups excluding carboxylic acids is 2. The number of amides is 3. The van der Waals surface area contributed by atoms with E-state index in [2.05, 4.69) is 10.3 Å². The average Bonchev–Trinajstić information content (AvgIpc) is 3.15. The molecule has 6 nitrogen and oxygen atoms in total. The van der Waals surface area contributed by atoms with Crippen molar-refractivity contribution < 1.29 is 14.0 Å². The predicted octanol–water partition coefficient (Wildman–Crippen LogP) is 2.79. The number of hydrogen-bond acceptors (Lipinski definition) is 5. The first-order chi connectivity index (χ1) is 10.5. The molecule has 1 aliphatic heterocycles. The second kappa shape index (κ2) is 5.57. The van der Waals surface area contributed by atoms with Crippen LogP contribution in [0.4, 0.5) is 4.79 Å². The summed E-state index contributed by atoms with van der Waals surface area (Å²) in [6.45, 7) is 5.73. The Morgan fingerprint density at radius 3 is 2.82 bits per heavy atom. The molecular weight excluding hydrogens is 302 g/mol. The first-order valence-electron chi connectivity index (χ1n) is 7.08. The van der Waals surface area contributed by atoms with Gasteiger partial charge < -0.3 is 9.73 Å². The summed E-state index contributed by atoms with van der Waals surface area (Å²) >= 11 is 1.56. The summed E-state index contributed by atoms with van der Waals surface area (Å²) in [7, 11) is 0. The zero-order valence-corrected chi connectivity index (χ0v) is 13.4. The summed E-state index contributed by atoms with van der Waals surface area (Å²) in [5.74, 6) is 0.983. The largest absolute Gasteiger partial charge is 0.441 e. The Hall–Kier alpha value is -2.15. The molecule has 0 saturated carbocycles. The number of nitrogens with zero attached hydrogens (tertiary/aromatic N) is 2. The number of imide groups is 1. The lowest BCUT2D eigenvalue weighted by Crippen LogP contribution is -2.34. The standard InChI is InChI=1S/C15H17N3O3S/c1-8(2)12-14(19)18(15(20)17-12)6-11-9(3)21-13(16-11)10-4-5-22-7-10/h4-5,7-8,12H,6H2,1-3H3,(H,17,20)/t12-/m0/s1. The Bertz CT molecular complexity index is 706. The summed E-state index contributed by atoms with van der Waals surface area (Å²) < 4.78 is 5.64. The van der Waals surface area contributed by atoms with Crippen molar-refractivity contribution in [2.45, 2.75) is 33.4 Å². The van der Waals surface area contributed by atoms with Gasteiger partial charge in [0.25, 0.3) is 5.91 Å². The lowest BCUT2D eigenvalue weighted by atomic mass is 10.1. The van der Waals surface area contributed by atoms with Crippen molar-refractivity contribution >= 4 is 23.3 Å². The van der Waals surface area contributed by atoms with Crippen LogP contribution in [-0.2, 0) is 11.3 Å². The van der Waals surface area contributed by atoms with E-state index in [0.717, 1.165) is 5.56 Å². The number of carbonyl (C=O) groups is 2. The van der Waals surface area contributed by atoms with Crippen LogP contribution in [0.25, 0.3) is 11.5 Å². The first kappa shape index (κ1) is 14.8. The average molecular weight is 319 g/mol. The van der Waals surface area contributed by atoms with Gasteiger partial charge in [-0.25, -0.2) is 9.78 Å². The normalized spacial score (nSPS) is 18.4. The zero-order valence-electron chi connectivity index (χ0n) is 12.6. The molecular formula is C15H17N3O3S. The topological polar surface area (TPSA) is 75.4 Å². The Morgan fingerprint density at radius 2 is 2.23 bits per heavy atom. The summed E-state index contributed by atoms with van der Waals surface area (Å²) in [4.78, 5) is 29.9. The monoisotopic (exact) mass is 319 g/mol. The molecule has 3 heterocycles. The summed E-state index contributed by atoms with van der Waals surface area (Å²) in [6, 6.07) is 1.08. The molecule has 0 aliphatic carbocycles. The third-order valence-electron chi connectivity index (χ3n) is 3.69. The number of aromatic nitrogens is 1. The third-order valence-corrected chi connectivity index (χ3v) is 4.37. The first-order valence-corrected chi connectivity index (χ1v) is 8.02. The van der Waals surface area contributed by atoms with Crippen LogP contribution in [0.3, 0.4) is 0 Å². The van der Waals surface area contributed by atoms with Gasteiger partial charge in [-0.3, -0.25) is 9.69 Å². The molecule has 3 rings (SSSR count). The highest BCUT2D eigenvalue weighted by molar-refractivity contribution is 7.08. The van der Waals surface area contributed by atoms with Crippen molar-refractivity contribution in [1.29, 1.82) is 0 Å². The van der Waals surface area contributed by atoms with Gasteiger partial charge in [0.1, 0.15) is 17.5 Å². The minimum absolute atomic E-state index is 0.0567. The highest BCUT2D eigenvalue weighted by Gasteiger charge is 2.40. The number of urea groups is 1. The number of aryl methyl sites for hydroxylation is 1. The lowest BCUT2D eigenvalue weighted by molar-refractivity contribution is -0.128. The molecule has 0 unspecified atom stereocenters. The molecule has 0 spiro atoms. The number of hydrogen-bond donors (Lipinski definition) is 1. The van der Waals surface area contributed by atoms with Gasteiger partial charge >= 0.3 is 6.03 Å². The fourth-order valence-corrected chi connectivity index (χ4v) is 3.01. The van der Waals surface area contributed by atoms with Crippen molar-refractivity contribution in [3.8, 4) is 11.5 Å². The van der Waals surface area contributed by atoms with Crippen LogP contribution in [0.15, 0.2) is 21.2 Å². The molecule has 116 valence electrons. The van der Waals surface area contributed by atoms with Crippen molar-refractivity contribution in [3.05, 3.63) is 28.3 Å². The van der Waals surface area contributed by atoms with E-state index in [1.54, 1.807) is 18.3 Å². The number of rotatable bonds is 4. The van der Waals surface area contributed by atoms with E-state index in [1.165, 1.54) is 4.90 Å². The van der Waals surface area contributed by atoms with E-state index < -0.39 is 6.04 Å². The Kier molecular flexibility index (Phi) is 3.74. The van der Waals surface area contributed by atoms with Crippen molar-refractivity contribution in [3.63, 3.8) is 0 Å². The minimum atomic E-state index is -0.462. The van der Waals surface area contributed by atoms with Crippen molar-refractivity contribution in [1.82, 2.24) is 15.2 Å². The smallest absolute Gasteiger partial charge is 0.325 e. The van der Waals surface area contributed by atoms with E-state index >= 15 is 0 Å².